The van der Waals surface area contributed by atoms with Gasteiger partial charge in [0.1, 0.15) is 5.84 Å². The molecule has 0 spiro atoms. The largest absolute Gasteiger partial charge is 0.387 e. The van der Waals surface area contributed by atoms with E-state index in [0.717, 1.165) is 37.7 Å². The van der Waals surface area contributed by atoms with Crippen molar-refractivity contribution in [3.05, 3.63) is 0 Å². The zero-order valence-corrected chi connectivity index (χ0v) is 9.82. The average Bonchev–Trinajstić information content (AvgIpc) is 2.16. The minimum atomic E-state index is -0.210. The molecule has 82 valence electrons. The van der Waals surface area contributed by atoms with Gasteiger partial charge in [0.05, 0.1) is 4.75 Å². The third-order valence-electron chi connectivity index (χ3n) is 2.67. The second-order valence-corrected chi connectivity index (χ2v) is 5.93. The standard InChI is InChI=1S/C10H20N2OS/c1-10(2,9(11)12)14-7-8-3-5-13-6-4-8/h8H,3-7H2,1-2H3,(H3,11,12). The smallest absolute Gasteiger partial charge is 0.106 e. The van der Waals surface area contributed by atoms with E-state index < -0.39 is 0 Å². The van der Waals surface area contributed by atoms with Crippen LogP contribution in [0.25, 0.3) is 0 Å². The molecule has 0 bridgehead atoms. The second-order valence-electron chi connectivity index (χ2n) is 4.29. The topological polar surface area (TPSA) is 59.1 Å². The Kier molecular flexibility index (Phi) is 4.26. The molecule has 1 rings (SSSR count). The molecule has 0 radical (unpaired) electrons. The van der Waals surface area contributed by atoms with Gasteiger partial charge in [0, 0.05) is 13.2 Å². The number of rotatable bonds is 4. The third kappa shape index (κ3) is 3.50. The Labute approximate surface area is 90.3 Å². The highest BCUT2D eigenvalue weighted by Gasteiger charge is 2.24. The fraction of sp³-hybridized carbons (Fsp3) is 0.900. The first-order valence-corrected chi connectivity index (χ1v) is 6.07. The highest BCUT2D eigenvalue weighted by molar-refractivity contribution is 8.01. The summed E-state index contributed by atoms with van der Waals surface area (Å²) in [7, 11) is 0. The van der Waals surface area contributed by atoms with Gasteiger partial charge in [-0.05, 0) is 38.4 Å². The van der Waals surface area contributed by atoms with Gasteiger partial charge in [0.2, 0.25) is 0 Å². The van der Waals surface area contributed by atoms with Crippen LogP contribution in [0.15, 0.2) is 0 Å². The van der Waals surface area contributed by atoms with E-state index >= 15 is 0 Å². The summed E-state index contributed by atoms with van der Waals surface area (Å²) in [5.41, 5.74) is 5.52. The second kappa shape index (κ2) is 5.03. The molecule has 3 nitrogen and oxygen atoms in total. The molecule has 14 heavy (non-hydrogen) atoms. The molecule has 1 aliphatic heterocycles. The quantitative estimate of drug-likeness (QED) is 0.557. The van der Waals surface area contributed by atoms with E-state index in [1.54, 1.807) is 11.8 Å². The summed E-state index contributed by atoms with van der Waals surface area (Å²) < 4.78 is 5.09. The van der Waals surface area contributed by atoms with E-state index in [4.69, 9.17) is 15.9 Å². The minimum absolute atomic E-state index is 0.210. The predicted molar refractivity (Wildman–Crippen MR) is 62.0 cm³/mol. The van der Waals surface area contributed by atoms with Crippen molar-refractivity contribution >= 4 is 17.6 Å². The molecule has 4 heteroatoms. The van der Waals surface area contributed by atoms with Crippen molar-refractivity contribution in [3.8, 4) is 0 Å². The summed E-state index contributed by atoms with van der Waals surface area (Å²) in [5, 5.41) is 7.45. The molecule has 1 aliphatic rings. The molecule has 0 atom stereocenters. The van der Waals surface area contributed by atoms with Crippen LogP contribution in [0.4, 0.5) is 0 Å². The van der Waals surface area contributed by atoms with Crippen LogP contribution in [0.3, 0.4) is 0 Å². The Hall–Kier alpha value is -0.220. The SMILES string of the molecule is CC(C)(SCC1CCOCC1)C(=N)N. The van der Waals surface area contributed by atoms with Crippen LogP contribution in [-0.4, -0.2) is 29.5 Å². The highest BCUT2D eigenvalue weighted by Crippen LogP contribution is 2.29. The Bertz CT molecular complexity index is 200. The molecule has 0 amide bonds. The molecule has 0 aliphatic carbocycles. The minimum Gasteiger partial charge on any atom is -0.387 e. The molecule has 3 N–H and O–H groups in total. The number of ether oxygens (including phenoxy) is 1. The number of thioether (sulfide) groups is 1. The number of hydrogen-bond acceptors (Lipinski definition) is 3. The van der Waals surface area contributed by atoms with Gasteiger partial charge in [-0.25, -0.2) is 0 Å². The Morgan fingerprint density at radius 2 is 2.07 bits per heavy atom. The van der Waals surface area contributed by atoms with Crippen LogP contribution in [0.5, 0.6) is 0 Å². The normalized spacial score (nSPS) is 19.6. The van der Waals surface area contributed by atoms with Gasteiger partial charge in [-0.2, -0.15) is 0 Å². The van der Waals surface area contributed by atoms with Gasteiger partial charge < -0.3 is 10.5 Å². The van der Waals surface area contributed by atoms with Crippen molar-refractivity contribution in [2.24, 2.45) is 11.7 Å². The summed E-state index contributed by atoms with van der Waals surface area (Å²) in [6.07, 6.45) is 2.31. The molecule has 0 unspecified atom stereocenters. The molecule has 0 aromatic rings. The van der Waals surface area contributed by atoms with Crippen molar-refractivity contribution in [2.75, 3.05) is 19.0 Å². The Morgan fingerprint density at radius 1 is 1.50 bits per heavy atom. The lowest BCUT2D eigenvalue weighted by atomic mass is 10.0. The Morgan fingerprint density at radius 3 is 2.57 bits per heavy atom. The van der Waals surface area contributed by atoms with Gasteiger partial charge in [0.15, 0.2) is 0 Å². The van der Waals surface area contributed by atoms with Crippen LogP contribution >= 0.6 is 11.8 Å². The molecule has 0 aromatic heterocycles. The summed E-state index contributed by atoms with van der Waals surface area (Å²) in [6.45, 7) is 5.82. The van der Waals surface area contributed by atoms with E-state index in [9.17, 15) is 0 Å². The molecule has 1 saturated heterocycles. The van der Waals surface area contributed by atoms with Gasteiger partial charge in [-0.1, -0.05) is 0 Å². The van der Waals surface area contributed by atoms with Crippen LogP contribution in [0.1, 0.15) is 26.7 Å². The molecular weight excluding hydrogens is 196 g/mol. The van der Waals surface area contributed by atoms with Crippen molar-refractivity contribution in [1.29, 1.82) is 5.41 Å². The summed E-state index contributed by atoms with van der Waals surface area (Å²) in [6, 6.07) is 0. The number of nitrogens with one attached hydrogen (secondary N) is 1. The van der Waals surface area contributed by atoms with Crippen LogP contribution < -0.4 is 5.73 Å². The molecule has 0 aromatic carbocycles. The zero-order valence-electron chi connectivity index (χ0n) is 9.01. The van der Waals surface area contributed by atoms with Crippen molar-refractivity contribution < 1.29 is 4.74 Å². The van der Waals surface area contributed by atoms with E-state index in [-0.39, 0.29) is 10.6 Å². The van der Waals surface area contributed by atoms with Crippen molar-refractivity contribution in [3.63, 3.8) is 0 Å². The van der Waals surface area contributed by atoms with Crippen LogP contribution in [-0.2, 0) is 4.74 Å². The fourth-order valence-corrected chi connectivity index (χ4v) is 2.46. The lowest BCUT2D eigenvalue weighted by Gasteiger charge is -2.27. The maximum Gasteiger partial charge on any atom is 0.106 e. The van der Waals surface area contributed by atoms with E-state index in [1.807, 2.05) is 13.8 Å². The van der Waals surface area contributed by atoms with Crippen LogP contribution in [0.2, 0.25) is 0 Å². The van der Waals surface area contributed by atoms with Crippen LogP contribution in [0, 0.1) is 11.3 Å². The Balaban J connectivity index is 2.28. The van der Waals surface area contributed by atoms with Gasteiger partial charge in [-0.3, -0.25) is 5.41 Å². The monoisotopic (exact) mass is 216 g/mol. The first kappa shape index (κ1) is 11.9. The molecule has 1 heterocycles. The third-order valence-corrected chi connectivity index (χ3v) is 4.25. The zero-order chi connectivity index (χ0) is 10.6. The van der Waals surface area contributed by atoms with Gasteiger partial charge >= 0.3 is 0 Å². The van der Waals surface area contributed by atoms with Crippen molar-refractivity contribution in [2.45, 2.75) is 31.4 Å². The molecule has 1 fully saturated rings. The number of hydrogen-bond donors (Lipinski definition) is 2. The molecular formula is C10H20N2OS. The summed E-state index contributed by atoms with van der Waals surface area (Å²) in [4.78, 5) is 0. The average molecular weight is 216 g/mol. The van der Waals surface area contributed by atoms with Gasteiger partial charge in [0.25, 0.3) is 0 Å². The van der Waals surface area contributed by atoms with E-state index in [0.29, 0.717) is 0 Å². The number of amidine groups is 1. The maximum atomic E-state index is 7.45. The van der Waals surface area contributed by atoms with E-state index in [2.05, 4.69) is 0 Å². The molecule has 0 saturated carbocycles. The maximum absolute atomic E-state index is 7.45. The predicted octanol–water partition coefficient (Wildman–Crippen LogP) is 1.86. The number of nitrogens with two attached hydrogens (primary N) is 1. The fourth-order valence-electron chi connectivity index (χ4n) is 1.32. The first-order valence-electron chi connectivity index (χ1n) is 5.08. The highest BCUT2D eigenvalue weighted by atomic mass is 32.2. The first-order chi connectivity index (χ1) is 6.52. The summed E-state index contributed by atoms with van der Waals surface area (Å²) in [5.74, 6) is 2.11. The van der Waals surface area contributed by atoms with E-state index in [1.165, 1.54) is 0 Å². The van der Waals surface area contributed by atoms with Crippen molar-refractivity contribution in [1.82, 2.24) is 0 Å². The van der Waals surface area contributed by atoms with Gasteiger partial charge in [-0.15, -0.1) is 11.8 Å². The summed E-state index contributed by atoms with van der Waals surface area (Å²) >= 11 is 1.79. The lowest BCUT2D eigenvalue weighted by Crippen LogP contribution is -2.35. The lowest BCUT2D eigenvalue weighted by molar-refractivity contribution is 0.0727.